The molecule has 6 heteroatoms. The molecule has 0 aliphatic rings. The fourth-order valence-electron chi connectivity index (χ4n) is 1.07. The van der Waals surface area contributed by atoms with Gasteiger partial charge >= 0.3 is 0 Å². The summed E-state index contributed by atoms with van der Waals surface area (Å²) < 4.78 is 35.9. The Bertz CT molecular complexity index is 344. The third-order valence-electron chi connectivity index (χ3n) is 1.86. The first kappa shape index (κ1) is 11.6. The van der Waals surface area contributed by atoms with Crippen molar-refractivity contribution >= 4 is 0 Å². The molecular weight excluding hydrogens is 208 g/mol. The quantitative estimate of drug-likeness (QED) is 0.826. The molecule has 0 atom stereocenters. The lowest BCUT2D eigenvalue weighted by Gasteiger charge is -2.17. The molecule has 1 N–H and O–H groups in total. The summed E-state index contributed by atoms with van der Waals surface area (Å²) in [5, 5.41) is 8.56. The Balaban J connectivity index is 3.23. The molecule has 0 saturated heterocycles. The zero-order valence-electron chi connectivity index (χ0n) is 8.33. The maximum Gasteiger partial charge on any atom is 0.299 e. The number of aliphatic hydroxyl groups excluding tert-OH is 1. The van der Waals surface area contributed by atoms with Crippen molar-refractivity contribution in [1.29, 1.82) is 0 Å². The van der Waals surface area contributed by atoms with E-state index in [0.29, 0.717) is 0 Å². The van der Waals surface area contributed by atoms with Gasteiger partial charge in [0.15, 0.2) is 0 Å². The molecule has 0 fully saturated rings. The number of aromatic nitrogens is 1. The second kappa shape index (κ2) is 4.39. The van der Waals surface area contributed by atoms with Crippen LogP contribution in [0.15, 0.2) is 12.3 Å². The number of methoxy groups -OCH3 is 2. The van der Waals surface area contributed by atoms with E-state index in [1.54, 1.807) is 0 Å². The van der Waals surface area contributed by atoms with E-state index in [2.05, 4.69) is 4.98 Å². The Morgan fingerprint density at radius 1 is 1.40 bits per heavy atom. The zero-order chi connectivity index (χ0) is 11.5. The molecule has 0 aromatic carbocycles. The summed E-state index contributed by atoms with van der Waals surface area (Å²) in [4.78, 5) is 3.71. The topological polar surface area (TPSA) is 51.6 Å². The van der Waals surface area contributed by atoms with Crippen molar-refractivity contribution in [2.24, 2.45) is 0 Å². The van der Waals surface area contributed by atoms with Gasteiger partial charge in [0.05, 0.1) is 26.0 Å². The second-order valence-electron chi connectivity index (χ2n) is 2.79. The second-order valence-corrected chi connectivity index (χ2v) is 2.79. The van der Waals surface area contributed by atoms with Gasteiger partial charge in [-0.25, -0.2) is 4.98 Å². The van der Waals surface area contributed by atoms with Crippen molar-refractivity contribution in [2.75, 3.05) is 20.8 Å². The number of ether oxygens (including phenoxy) is 2. The van der Waals surface area contributed by atoms with Gasteiger partial charge in [-0.05, 0) is 0 Å². The van der Waals surface area contributed by atoms with Crippen LogP contribution in [0.5, 0.6) is 11.6 Å². The molecule has 15 heavy (non-hydrogen) atoms. The Morgan fingerprint density at radius 2 is 2.07 bits per heavy atom. The van der Waals surface area contributed by atoms with Crippen molar-refractivity contribution in [3.63, 3.8) is 0 Å². The first-order valence-electron chi connectivity index (χ1n) is 4.12. The van der Waals surface area contributed by atoms with Crippen LogP contribution in [0.2, 0.25) is 0 Å². The molecule has 0 radical (unpaired) electrons. The van der Waals surface area contributed by atoms with Gasteiger partial charge in [0.25, 0.3) is 5.92 Å². The first-order valence-corrected chi connectivity index (χ1v) is 4.12. The molecule has 1 aromatic heterocycles. The molecule has 0 spiro atoms. The fourth-order valence-corrected chi connectivity index (χ4v) is 1.07. The fraction of sp³-hybridized carbons (Fsp3) is 0.444. The number of pyridine rings is 1. The molecule has 1 aromatic rings. The number of aliphatic hydroxyl groups is 1. The third-order valence-corrected chi connectivity index (χ3v) is 1.86. The van der Waals surface area contributed by atoms with Crippen LogP contribution in [-0.2, 0) is 5.92 Å². The summed E-state index contributed by atoms with van der Waals surface area (Å²) >= 11 is 0. The van der Waals surface area contributed by atoms with Crippen molar-refractivity contribution in [3.8, 4) is 11.6 Å². The van der Waals surface area contributed by atoms with Crippen molar-refractivity contribution < 1.29 is 23.4 Å². The molecule has 0 aliphatic heterocycles. The Labute approximate surface area is 85.5 Å². The number of hydrogen-bond acceptors (Lipinski definition) is 4. The normalized spacial score (nSPS) is 11.3. The smallest absolute Gasteiger partial charge is 0.299 e. The van der Waals surface area contributed by atoms with Crippen LogP contribution in [0, 0.1) is 0 Å². The zero-order valence-corrected chi connectivity index (χ0v) is 8.33. The van der Waals surface area contributed by atoms with E-state index < -0.39 is 18.1 Å². The molecule has 4 nitrogen and oxygen atoms in total. The van der Waals surface area contributed by atoms with Gasteiger partial charge in [0.2, 0.25) is 5.88 Å². The summed E-state index contributed by atoms with van der Waals surface area (Å²) in [6.45, 7) is -1.30. The van der Waals surface area contributed by atoms with Crippen LogP contribution in [0.1, 0.15) is 5.56 Å². The maximum absolute atomic E-state index is 13.2. The lowest BCUT2D eigenvalue weighted by molar-refractivity contribution is -0.0573. The largest absolute Gasteiger partial charge is 0.495 e. The molecular formula is C9H11F2NO3. The minimum Gasteiger partial charge on any atom is -0.495 e. The van der Waals surface area contributed by atoms with Crippen molar-refractivity contribution in [2.45, 2.75) is 5.92 Å². The summed E-state index contributed by atoms with van der Waals surface area (Å²) in [6.07, 6.45) is 1.12. The van der Waals surface area contributed by atoms with E-state index >= 15 is 0 Å². The highest BCUT2D eigenvalue weighted by Gasteiger charge is 2.34. The van der Waals surface area contributed by atoms with Gasteiger partial charge in [0, 0.05) is 6.07 Å². The van der Waals surface area contributed by atoms with E-state index in [-0.39, 0.29) is 11.6 Å². The lowest BCUT2D eigenvalue weighted by atomic mass is 10.1. The van der Waals surface area contributed by atoms with Gasteiger partial charge < -0.3 is 14.6 Å². The Kier molecular flexibility index (Phi) is 3.41. The molecule has 1 heterocycles. The minimum absolute atomic E-state index is 0.0407. The highest BCUT2D eigenvalue weighted by molar-refractivity contribution is 5.38. The van der Waals surface area contributed by atoms with Gasteiger partial charge in [-0.1, -0.05) is 0 Å². The first-order chi connectivity index (χ1) is 7.05. The van der Waals surface area contributed by atoms with Gasteiger partial charge in [-0.3, -0.25) is 0 Å². The summed E-state index contributed by atoms with van der Waals surface area (Å²) in [5.41, 5.74) is -0.445. The average molecular weight is 219 g/mol. The van der Waals surface area contributed by atoms with Gasteiger partial charge in [-0.2, -0.15) is 8.78 Å². The molecule has 0 bridgehead atoms. The molecule has 1 rings (SSSR count). The predicted octanol–water partition coefficient (Wildman–Crippen LogP) is 1.18. The van der Waals surface area contributed by atoms with Crippen molar-refractivity contribution in [3.05, 3.63) is 17.8 Å². The van der Waals surface area contributed by atoms with E-state index in [4.69, 9.17) is 14.6 Å². The van der Waals surface area contributed by atoms with Crippen molar-refractivity contribution in [1.82, 2.24) is 4.98 Å². The van der Waals surface area contributed by atoms with E-state index in [9.17, 15) is 8.78 Å². The molecule has 0 unspecified atom stereocenters. The predicted molar refractivity (Wildman–Crippen MR) is 48.3 cm³/mol. The number of alkyl halides is 2. The molecule has 0 amide bonds. The Hall–Kier alpha value is -1.43. The lowest BCUT2D eigenvalue weighted by Crippen LogP contribution is -2.19. The SMILES string of the molecule is COc1cc(C(F)(F)CO)c(OC)cn1. The van der Waals surface area contributed by atoms with Gasteiger partial charge in [0.1, 0.15) is 12.4 Å². The van der Waals surface area contributed by atoms with E-state index in [0.717, 1.165) is 12.3 Å². The van der Waals surface area contributed by atoms with E-state index in [1.165, 1.54) is 14.2 Å². The standard InChI is InChI=1S/C9H11F2NO3/c1-14-7-4-12-8(15-2)3-6(7)9(10,11)5-13/h3-4,13H,5H2,1-2H3. The van der Waals surface area contributed by atoms with Crippen LogP contribution in [0.4, 0.5) is 8.78 Å². The third kappa shape index (κ3) is 2.33. The van der Waals surface area contributed by atoms with Crippen LogP contribution >= 0.6 is 0 Å². The monoisotopic (exact) mass is 219 g/mol. The molecule has 84 valence electrons. The van der Waals surface area contributed by atoms with Crippen LogP contribution in [0.25, 0.3) is 0 Å². The average Bonchev–Trinajstić information content (AvgIpc) is 2.28. The minimum atomic E-state index is -3.37. The summed E-state index contributed by atoms with van der Waals surface area (Å²) in [6, 6.07) is 1.04. The van der Waals surface area contributed by atoms with Crippen LogP contribution < -0.4 is 9.47 Å². The molecule has 0 saturated carbocycles. The summed E-state index contributed by atoms with van der Waals surface area (Å²) in [7, 11) is 2.57. The van der Waals surface area contributed by atoms with Gasteiger partial charge in [-0.15, -0.1) is 0 Å². The highest BCUT2D eigenvalue weighted by atomic mass is 19.3. The van der Waals surface area contributed by atoms with Crippen LogP contribution in [-0.4, -0.2) is 30.9 Å². The maximum atomic E-state index is 13.2. The Morgan fingerprint density at radius 3 is 2.53 bits per heavy atom. The van der Waals surface area contributed by atoms with Crippen LogP contribution in [0.3, 0.4) is 0 Å². The number of halogens is 2. The number of hydrogen-bond donors (Lipinski definition) is 1. The molecule has 0 aliphatic carbocycles. The number of nitrogens with zero attached hydrogens (tertiary/aromatic N) is 1. The summed E-state index contributed by atoms with van der Waals surface area (Å²) in [5.74, 6) is -3.42. The van der Waals surface area contributed by atoms with E-state index in [1.807, 2.05) is 0 Å². The highest BCUT2D eigenvalue weighted by Crippen LogP contribution is 2.35. The number of rotatable bonds is 4.